The van der Waals surface area contributed by atoms with E-state index in [-0.39, 0.29) is 16.3 Å². The lowest BCUT2D eigenvalue weighted by Gasteiger charge is -2.08. The van der Waals surface area contributed by atoms with E-state index in [1.807, 2.05) is 6.92 Å². The average molecular weight is 478 g/mol. The molecule has 0 saturated carbocycles. The van der Waals surface area contributed by atoms with Crippen LogP contribution in [0.25, 0.3) is 0 Å². The van der Waals surface area contributed by atoms with Gasteiger partial charge in [-0.25, -0.2) is 13.1 Å². The second-order valence-corrected chi connectivity index (χ2v) is 10.1. The van der Waals surface area contributed by atoms with Gasteiger partial charge in [0.25, 0.3) is 10.0 Å². The van der Waals surface area contributed by atoms with E-state index < -0.39 is 20.0 Å². The van der Waals surface area contributed by atoms with Gasteiger partial charge in [0, 0.05) is 0 Å². The van der Waals surface area contributed by atoms with E-state index in [0.29, 0.717) is 29.4 Å². The minimum atomic E-state index is -3.86. The summed E-state index contributed by atoms with van der Waals surface area (Å²) < 4.78 is 62.5. The van der Waals surface area contributed by atoms with Crippen molar-refractivity contribution in [2.24, 2.45) is 5.10 Å². The fraction of sp³-hybridized carbons (Fsp3) is 0.190. The van der Waals surface area contributed by atoms with Gasteiger partial charge in [-0.2, -0.15) is 18.4 Å². The van der Waals surface area contributed by atoms with Crippen LogP contribution in [0.2, 0.25) is 0 Å². The molecule has 0 aliphatic heterocycles. The van der Waals surface area contributed by atoms with E-state index in [1.165, 1.54) is 30.5 Å². The van der Waals surface area contributed by atoms with E-state index in [2.05, 4.69) is 14.7 Å². The van der Waals surface area contributed by atoms with Crippen LogP contribution < -0.4 is 14.3 Å². The summed E-state index contributed by atoms with van der Waals surface area (Å²) >= 11 is 0. The molecule has 0 amide bonds. The van der Waals surface area contributed by atoms with E-state index in [9.17, 15) is 16.8 Å². The molecule has 0 bridgehead atoms. The Bertz CT molecular complexity index is 1270. The smallest absolute Gasteiger partial charge is 0.276 e. The monoisotopic (exact) mass is 477 g/mol. The van der Waals surface area contributed by atoms with Gasteiger partial charge in [0.2, 0.25) is 10.0 Å². The maximum Gasteiger partial charge on any atom is 0.276 e. The van der Waals surface area contributed by atoms with Crippen LogP contribution in [0.4, 0.5) is 0 Å². The number of benzene rings is 2. The van der Waals surface area contributed by atoms with Crippen molar-refractivity contribution in [3.63, 3.8) is 0 Å². The largest absolute Gasteiger partial charge is 0.494 e. The lowest BCUT2D eigenvalue weighted by Crippen LogP contribution is -2.23. The first-order chi connectivity index (χ1) is 15.2. The van der Waals surface area contributed by atoms with Crippen molar-refractivity contribution < 1.29 is 26.0 Å². The summed E-state index contributed by atoms with van der Waals surface area (Å²) in [5.74, 6) is 1.06. The molecular formula is C21H23N3O6S2. The van der Waals surface area contributed by atoms with Gasteiger partial charge >= 0.3 is 0 Å². The van der Waals surface area contributed by atoms with Gasteiger partial charge in [0.05, 0.1) is 34.9 Å². The number of sulfonamides is 2. The molecule has 0 radical (unpaired) electrons. The maximum absolute atomic E-state index is 12.4. The summed E-state index contributed by atoms with van der Waals surface area (Å²) in [5, 5.41) is 3.93. The highest BCUT2D eigenvalue weighted by Crippen LogP contribution is 2.16. The van der Waals surface area contributed by atoms with Crippen LogP contribution in [0.5, 0.6) is 5.75 Å². The minimum Gasteiger partial charge on any atom is -0.494 e. The fourth-order valence-electron chi connectivity index (χ4n) is 2.67. The lowest BCUT2D eigenvalue weighted by atomic mass is 10.1. The molecule has 0 aliphatic rings. The third kappa shape index (κ3) is 5.96. The summed E-state index contributed by atoms with van der Waals surface area (Å²) in [6.45, 7) is 3.96. The number of nitrogens with one attached hydrogen (secondary N) is 2. The van der Waals surface area contributed by atoms with Crippen molar-refractivity contribution in [2.45, 2.75) is 30.2 Å². The minimum absolute atomic E-state index is 0.0326. The Kier molecular flexibility index (Phi) is 7.33. The molecular weight excluding hydrogens is 454 g/mol. The van der Waals surface area contributed by atoms with Crippen LogP contribution in [0, 0.1) is 0 Å². The highest BCUT2D eigenvalue weighted by Gasteiger charge is 2.16. The van der Waals surface area contributed by atoms with Crippen molar-refractivity contribution in [3.05, 3.63) is 78.3 Å². The van der Waals surface area contributed by atoms with Gasteiger partial charge in [-0.05, 0) is 67.9 Å². The van der Waals surface area contributed by atoms with Gasteiger partial charge in [-0.15, -0.1) is 0 Å². The Morgan fingerprint density at radius 3 is 2.16 bits per heavy atom. The summed E-state index contributed by atoms with van der Waals surface area (Å²) in [7, 11) is -7.59. The van der Waals surface area contributed by atoms with E-state index in [0.717, 1.165) is 0 Å². The predicted octanol–water partition coefficient (Wildman–Crippen LogP) is 2.86. The Morgan fingerprint density at radius 1 is 0.938 bits per heavy atom. The van der Waals surface area contributed by atoms with Crippen LogP contribution in [-0.2, 0) is 26.6 Å². The zero-order valence-corrected chi connectivity index (χ0v) is 19.1. The van der Waals surface area contributed by atoms with Gasteiger partial charge in [-0.3, -0.25) is 0 Å². The Labute approximate surface area is 187 Å². The number of ether oxygens (including phenoxy) is 1. The van der Waals surface area contributed by atoms with Crippen LogP contribution in [0.1, 0.15) is 25.2 Å². The summed E-state index contributed by atoms with van der Waals surface area (Å²) in [4.78, 5) is 2.29. The highest BCUT2D eigenvalue weighted by molar-refractivity contribution is 7.89. The van der Waals surface area contributed by atoms with Crippen LogP contribution >= 0.6 is 0 Å². The Balaban J connectivity index is 1.67. The molecule has 0 aliphatic carbocycles. The molecule has 0 spiro atoms. The van der Waals surface area contributed by atoms with Crippen molar-refractivity contribution in [3.8, 4) is 5.75 Å². The topological polar surface area (TPSA) is 127 Å². The van der Waals surface area contributed by atoms with E-state index in [1.54, 1.807) is 43.3 Å². The van der Waals surface area contributed by atoms with E-state index >= 15 is 0 Å². The lowest BCUT2D eigenvalue weighted by molar-refractivity contribution is 0.340. The zero-order chi connectivity index (χ0) is 23.2. The molecule has 1 heterocycles. The van der Waals surface area contributed by atoms with Crippen LogP contribution in [-0.4, -0.2) is 29.2 Å². The molecule has 0 atom stereocenters. The molecule has 170 valence electrons. The number of furan rings is 1. The predicted molar refractivity (Wildman–Crippen MR) is 119 cm³/mol. The fourth-order valence-corrected chi connectivity index (χ4v) is 4.52. The molecule has 9 nitrogen and oxygen atoms in total. The average Bonchev–Trinajstić information content (AvgIpc) is 3.31. The second kappa shape index (κ2) is 9.98. The second-order valence-electron chi connectivity index (χ2n) is 6.62. The molecule has 3 aromatic rings. The Hall–Kier alpha value is -3.15. The molecule has 32 heavy (non-hydrogen) atoms. The van der Waals surface area contributed by atoms with Crippen molar-refractivity contribution in [1.29, 1.82) is 0 Å². The van der Waals surface area contributed by atoms with Crippen molar-refractivity contribution in [2.75, 3.05) is 6.61 Å². The number of hydrogen-bond acceptors (Lipinski definition) is 7. The molecule has 2 N–H and O–H groups in total. The van der Waals surface area contributed by atoms with E-state index in [4.69, 9.17) is 9.15 Å². The highest BCUT2D eigenvalue weighted by atomic mass is 32.2. The standard InChI is InChI=1S/C21H23N3O6S2/c1-3-29-18-8-12-21(13-9-18)32(27,28)24-23-16(2)17-6-10-20(11-7-17)31(25,26)22-15-19-5-4-14-30-19/h4-14,22,24H,3,15H2,1-2H3/b23-16-. The first kappa shape index (κ1) is 23.5. The number of hydrazone groups is 1. The summed E-state index contributed by atoms with van der Waals surface area (Å²) in [6, 6.07) is 15.2. The summed E-state index contributed by atoms with van der Waals surface area (Å²) in [5.41, 5.74) is 0.927. The van der Waals surface area contributed by atoms with Gasteiger partial charge in [-0.1, -0.05) is 12.1 Å². The molecule has 3 rings (SSSR count). The van der Waals surface area contributed by atoms with Crippen LogP contribution in [0.3, 0.4) is 0 Å². The maximum atomic E-state index is 12.4. The normalized spacial score (nSPS) is 12.5. The number of hydrogen-bond donors (Lipinski definition) is 2. The van der Waals surface area contributed by atoms with Crippen LogP contribution in [0.15, 0.2) is 86.2 Å². The molecule has 11 heteroatoms. The van der Waals surface area contributed by atoms with Gasteiger partial charge in [0.15, 0.2) is 0 Å². The number of nitrogens with zero attached hydrogens (tertiary/aromatic N) is 1. The van der Waals surface area contributed by atoms with Crippen molar-refractivity contribution in [1.82, 2.24) is 9.55 Å². The first-order valence-electron chi connectivity index (χ1n) is 9.63. The Morgan fingerprint density at radius 2 is 1.56 bits per heavy atom. The number of rotatable bonds is 10. The first-order valence-corrected chi connectivity index (χ1v) is 12.6. The van der Waals surface area contributed by atoms with Crippen molar-refractivity contribution >= 4 is 25.8 Å². The molecule has 0 fully saturated rings. The summed E-state index contributed by atoms with van der Waals surface area (Å²) in [6.07, 6.45) is 1.46. The molecule has 0 unspecified atom stereocenters. The molecule has 0 saturated heterocycles. The zero-order valence-electron chi connectivity index (χ0n) is 17.5. The van der Waals surface area contributed by atoms with Gasteiger partial charge < -0.3 is 9.15 Å². The van der Waals surface area contributed by atoms with Gasteiger partial charge in [0.1, 0.15) is 11.5 Å². The molecule has 1 aromatic heterocycles. The quantitative estimate of drug-likeness (QED) is 0.341. The SMILES string of the molecule is CCOc1ccc(S(=O)(=O)N/N=C(/C)c2ccc(S(=O)(=O)NCc3ccco3)cc2)cc1. The third-order valence-corrected chi connectivity index (χ3v) is 7.02. The third-order valence-electron chi connectivity index (χ3n) is 4.38. The molecule has 2 aromatic carbocycles.